The molecule has 2 aromatic rings. The molecule has 0 bridgehead atoms. The molecule has 8 heteroatoms. The second-order valence-corrected chi connectivity index (χ2v) is 8.96. The number of aryl methyl sites for hydroxylation is 1. The highest BCUT2D eigenvalue weighted by Crippen LogP contribution is 2.28. The number of rotatable bonds is 7. The number of halogens is 1. The van der Waals surface area contributed by atoms with Gasteiger partial charge in [-0.3, -0.25) is 9.10 Å². The Morgan fingerprint density at radius 1 is 1.14 bits per heavy atom. The van der Waals surface area contributed by atoms with E-state index in [2.05, 4.69) is 5.32 Å². The Kier molecular flexibility index (Phi) is 6.96. The number of anilines is 1. The molecule has 0 aliphatic heterocycles. The first-order chi connectivity index (χ1) is 13.0. The van der Waals surface area contributed by atoms with Gasteiger partial charge < -0.3 is 10.1 Å². The normalized spacial score (nSPS) is 13.5. The summed E-state index contributed by atoms with van der Waals surface area (Å²) in [6, 6.07) is 11.0. The van der Waals surface area contributed by atoms with Gasteiger partial charge in [0.1, 0.15) is 11.8 Å². The van der Waals surface area contributed by atoms with E-state index in [9.17, 15) is 13.2 Å². The van der Waals surface area contributed by atoms with Gasteiger partial charge in [0.25, 0.3) is 0 Å². The fraction of sp³-hybridized carbons (Fsp3) is 0.350. The van der Waals surface area contributed by atoms with E-state index in [0.717, 1.165) is 21.9 Å². The molecule has 1 amide bonds. The van der Waals surface area contributed by atoms with Gasteiger partial charge in [-0.25, -0.2) is 8.42 Å². The molecular weight excluding hydrogens is 400 g/mol. The van der Waals surface area contributed by atoms with Crippen molar-refractivity contribution in [3.63, 3.8) is 0 Å². The molecule has 6 nitrogen and oxygen atoms in total. The van der Waals surface area contributed by atoms with Crippen LogP contribution in [0.4, 0.5) is 5.69 Å². The zero-order valence-electron chi connectivity index (χ0n) is 16.6. The maximum absolute atomic E-state index is 12.8. The van der Waals surface area contributed by atoms with Crippen LogP contribution in [0.25, 0.3) is 0 Å². The Labute approximate surface area is 171 Å². The van der Waals surface area contributed by atoms with Gasteiger partial charge in [-0.2, -0.15) is 0 Å². The SMILES string of the molecule is COc1ccc(C(C)NC(=O)C(C)N(c2cc(Cl)ccc2C)S(C)(=O)=O)cc1. The van der Waals surface area contributed by atoms with Gasteiger partial charge in [-0.1, -0.05) is 29.8 Å². The van der Waals surface area contributed by atoms with Crippen LogP contribution in [-0.2, 0) is 14.8 Å². The maximum atomic E-state index is 12.8. The highest BCUT2D eigenvalue weighted by atomic mass is 35.5. The molecule has 0 aliphatic rings. The number of hydrogen-bond donors (Lipinski definition) is 1. The van der Waals surface area contributed by atoms with Crippen molar-refractivity contribution in [2.45, 2.75) is 32.9 Å². The summed E-state index contributed by atoms with van der Waals surface area (Å²) >= 11 is 6.05. The first-order valence-corrected chi connectivity index (χ1v) is 11.0. The van der Waals surface area contributed by atoms with Gasteiger partial charge in [-0.15, -0.1) is 0 Å². The molecule has 0 heterocycles. The number of nitrogens with zero attached hydrogens (tertiary/aromatic N) is 1. The van der Waals surface area contributed by atoms with Gasteiger partial charge >= 0.3 is 0 Å². The molecule has 0 aromatic heterocycles. The quantitative estimate of drug-likeness (QED) is 0.735. The number of carbonyl (C=O) groups excluding carboxylic acids is 1. The van der Waals surface area contributed by atoms with E-state index in [1.807, 2.05) is 19.1 Å². The van der Waals surface area contributed by atoms with Crippen molar-refractivity contribution >= 4 is 33.2 Å². The smallest absolute Gasteiger partial charge is 0.244 e. The lowest BCUT2D eigenvalue weighted by molar-refractivity contribution is -0.122. The van der Waals surface area contributed by atoms with Gasteiger partial charge in [0.05, 0.1) is 25.1 Å². The number of carbonyl (C=O) groups is 1. The van der Waals surface area contributed by atoms with Crippen LogP contribution in [0.2, 0.25) is 5.02 Å². The van der Waals surface area contributed by atoms with Gasteiger partial charge in [0.15, 0.2) is 0 Å². The summed E-state index contributed by atoms with van der Waals surface area (Å²) in [5, 5.41) is 3.27. The second kappa shape index (κ2) is 8.84. The molecule has 28 heavy (non-hydrogen) atoms. The molecular formula is C20H25ClN2O4S. The van der Waals surface area contributed by atoms with E-state index in [1.165, 1.54) is 0 Å². The fourth-order valence-electron chi connectivity index (χ4n) is 2.91. The van der Waals surface area contributed by atoms with E-state index >= 15 is 0 Å². The van der Waals surface area contributed by atoms with Crippen molar-refractivity contribution in [3.05, 3.63) is 58.6 Å². The minimum Gasteiger partial charge on any atom is -0.497 e. The summed E-state index contributed by atoms with van der Waals surface area (Å²) < 4.78 is 31.2. The Morgan fingerprint density at radius 3 is 2.29 bits per heavy atom. The number of methoxy groups -OCH3 is 1. The predicted molar refractivity (Wildman–Crippen MR) is 113 cm³/mol. The zero-order valence-corrected chi connectivity index (χ0v) is 18.1. The van der Waals surface area contributed by atoms with Gasteiger partial charge in [-0.05, 0) is 56.2 Å². The zero-order chi connectivity index (χ0) is 21.1. The third kappa shape index (κ3) is 5.17. The van der Waals surface area contributed by atoms with Crippen molar-refractivity contribution in [2.75, 3.05) is 17.7 Å². The van der Waals surface area contributed by atoms with Crippen LogP contribution in [0.5, 0.6) is 5.75 Å². The van der Waals surface area contributed by atoms with Crippen molar-refractivity contribution in [3.8, 4) is 5.75 Å². The summed E-state index contributed by atoms with van der Waals surface area (Å²) in [5.41, 5.74) is 1.97. The number of amides is 1. The molecule has 0 spiro atoms. The molecule has 0 fully saturated rings. The molecule has 2 aromatic carbocycles. The predicted octanol–water partition coefficient (Wildman–Crippen LogP) is 3.69. The summed E-state index contributed by atoms with van der Waals surface area (Å²) in [6.07, 6.45) is 1.07. The Hall–Kier alpha value is -2.25. The molecule has 0 saturated carbocycles. The van der Waals surface area contributed by atoms with Crippen LogP contribution in [0.3, 0.4) is 0 Å². The van der Waals surface area contributed by atoms with Crippen LogP contribution in [0, 0.1) is 6.92 Å². The topological polar surface area (TPSA) is 75.7 Å². The van der Waals surface area contributed by atoms with E-state index in [1.54, 1.807) is 51.3 Å². The standard InChI is InChI=1S/C20H25ClN2O4S/c1-13-6-9-17(21)12-19(13)23(28(5,25)26)15(3)20(24)22-14(2)16-7-10-18(27-4)11-8-16/h6-12,14-15H,1-5H3,(H,22,24). The first-order valence-electron chi connectivity index (χ1n) is 8.74. The molecule has 0 radical (unpaired) electrons. The van der Waals surface area contributed by atoms with Crippen LogP contribution in [0.15, 0.2) is 42.5 Å². The second-order valence-electron chi connectivity index (χ2n) is 6.67. The minimum atomic E-state index is -3.71. The lowest BCUT2D eigenvalue weighted by Crippen LogP contribution is -2.48. The maximum Gasteiger partial charge on any atom is 0.244 e. The largest absolute Gasteiger partial charge is 0.497 e. The number of hydrogen-bond acceptors (Lipinski definition) is 4. The Balaban J connectivity index is 2.27. The van der Waals surface area contributed by atoms with Crippen molar-refractivity contribution in [1.82, 2.24) is 5.32 Å². The Bertz CT molecular complexity index is 945. The Morgan fingerprint density at radius 2 is 1.75 bits per heavy atom. The average molecular weight is 425 g/mol. The van der Waals surface area contributed by atoms with Gasteiger partial charge in [0, 0.05) is 5.02 Å². The summed E-state index contributed by atoms with van der Waals surface area (Å²) in [5.74, 6) is 0.309. The summed E-state index contributed by atoms with van der Waals surface area (Å²) in [6.45, 7) is 5.16. The van der Waals surface area contributed by atoms with Gasteiger partial charge in [0.2, 0.25) is 15.9 Å². The third-order valence-corrected chi connectivity index (χ3v) is 5.93. The molecule has 2 unspecified atom stereocenters. The van der Waals surface area contributed by atoms with Crippen LogP contribution < -0.4 is 14.4 Å². The summed E-state index contributed by atoms with van der Waals surface area (Å²) in [7, 11) is -2.13. The van der Waals surface area contributed by atoms with E-state index < -0.39 is 22.0 Å². The van der Waals surface area contributed by atoms with E-state index in [-0.39, 0.29) is 6.04 Å². The lowest BCUT2D eigenvalue weighted by atomic mass is 10.1. The molecule has 1 N–H and O–H groups in total. The molecule has 152 valence electrons. The van der Waals surface area contributed by atoms with Crippen LogP contribution in [0.1, 0.15) is 31.0 Å². The summed E-state index contributed by atoms with van der Waals surface area (Å²) in [4.78, 5) is 12.8. The van der Waals surface area contributed by atoms with Crippen molar-refractivity contribution in [1.29, 1.82) is 0 Å². The molecule has 0 saturated heterocycles. The first kappa shape index (κ1) is 22.0. The minimum absolute atomic E-state index is 0.303. The van der Waals surface area contributed by atoms with Crippen molar-refractivity contribution < 1.29 is 17.9 Å². The highest BCUT2D eigenvalue weighted by molar-refractivity contribution is 7.92. The van der Waals surface area contributed by atoms with E-state index in [0.29, 0.717) is 16.3 Å². The number of ether oxygens (including phenoxy) is 1. The van der Waals surface area contributed by atoms with E-state index in [4.69, 9.17) is 16.3 Å². The number of sulfonamides is 1. The van der Waals surface area contributed by atoms with Crippen LogP contribution >= 0.6 is 11.6 Å². The number of nitrogens with one attached hydrogen (secondary N) is 1. The van der Waals surface area contributed by atoms with Crippen molar-refractivity contribution in [2.24, 2.45) is 0 Å². The van der Waals surface area contributed by atoms with Crippen LogP contribution in [-0.4, -0.2) is 33.7 Å². The third-order valence-electron chi connectivity index (χ3n) is 4.47. The fourth-order valence-corrected chi connectivity index (χ4v) is 4.30. The highest BCUT2D eigenvalue weighted by Gasteiger charge is 2.31. The molecule has 2 atom stereocenters. The number of benzene rings is 2. The molecule has 2 rings (SSSR count). The average Bonchev–Trinajstić information content (AvgIpc) is 2.63. The molecule has 0 aliphatic carbocycles. The monoisotopic (exact) mass is 424 g/mol. The lowest BCUT2D eigenvalue weighted by Gasteiger charge is -2.30.